The molecule has 0 bridgehead atoms. The van der Waals surface area contributed by atoms with Gasteiger partial charge < -0.3 is 10.0 Å². The molecular formula is C12H19N3O2. The number of carboxylic acids is 1. The Kier molecular flexibility index (Phi) is 3.70. The molecule has 5 heteroatoms. The van der Waals surface area contributed by atoms with Crippen molar-refractivity contribution in [3.63, 3.8) is 0 Å². The second-order valence-electron chi connectivity index (χ2n) is 5.19. The monoisotopic (exact) mass is 237 g/mol. The first kappa shape index (κ1) is 13.4. The van der Waals surface area contributed by atoms with E-state index in [1.807, 2.05) is 18.9 Å². The van der Waals surface area contributed by atoms with E-state index in [9.17, 15) is 4.79 Å². The minimum atomic E-state index is -1.05. The zero-order chi connectivity index (χ0) is 13.2. The number of hydrogen-bond acceptors (Lipinski definition) is 4. The Morgan fingerprint density at radius 1 is 1.35 bits per heavy atom. The Bertz CT molecular complexity index is 412. The quantitative estimate of drug-likeness (QED) is 0.871. The average Bonchev–Trinajstić information content (AvgIpc) is 2.25. The van der Waals surface area contributed by atoms with Crippen LogP contribution in [0.15, 0.2) is 12.4 Å². The minimum absolute atomic E-state index is 0.00824. The van der Waals surface area contributed by atoms with E-state index in [0.717, 1.165) is 0 Å². The van der Waals surface area contributed by atoms with Gasteiger partial charge >= 0.3 is 5.97 Å². The van der Waals surface area contributed by atoms with E-state index >= 15 is 0 Å². The van der Waals surface area contributed by atoms with Crippen molar-refractivity contribution >= 4 is 11.8 Å². The number of carbonyl (C=O) groups is 1. The maximum absolute atomic E-state index is 11.1. The third-order valence-electron chi connectivity index (χ3n) is 3.05. The maximum Gasteiger partial charge on any atom is 0.358 e. The number of nitrogens with zero attached hydrogens (tertiary/aromatic N) is 3. The van der Waals surface area contributed by atoms with Crippen LogP contribution in [-0.4, -0.2) is 34.1 Å². The number of hydrogen-bond donors (Lipinski definition) is 1. The number of anilines is 1. The van der Waals surface area contributed by atoms with Crippen LogP contribution in [0.1, 0.15) is 38.2 Å². The summed E-state index contributed by atoms with van der Waals surface area (Å²) in [5.74, 6) is -0.650. The van der Waals surface area contributed by atoms with Crippen LogP contribution < -0.4 is 4.90 Å². The van der Waals surface area contributed by atoms with Gasteiger partial charge in [-0.25, -0.2) is 14.8 Å². The molecule has 1 heterocycles. The van der Waals surface area contributed by atoms with Gasteiger partial charge in [0.2, 0.25) is 0 Å². The Morgan fingerprint density at radius 3 is 2.35 bits per heavy atom. The number of aromatic carboxylic acids is 1. The summed E-state index contributed by atoms with van der Waals surface area (Å²) in [7, 11) is 1.84. The molecule has 1 aromatic heterocycles. The minimum Gasteiger partial charge on any atom is -0.476 e. The smallest absolute Gasteiger partial charge is 0.358 e. The van der Waals surface area contributed by atoms with Gasteiger partial charge in [-0.1, -0.05) is 20.8 Å². The molecule has 17 heavy (non-hydrogen) atoms. The van der Waals surface area contributed by atoms with Gasteiger partial charge in [0, 0.05) is 25.5 Å². The summed E-state index contributed by atoms with van der Waals surface area (Å²) in [5, 5.41) is 9.07. The molecule has 0 fully saturated rings. The van der Waals surface area contributed by atoms with Crippen molar-refractivity contribution in [3.05, 3.63) is 18.1 Å². The van der Waals surface area contributed by atoms with Gasteiger partial charge in [-0.2, -0.15) is 0 Å². The summed E-state index contributed by atoms with van der Waals surface area (Å²) in [6, 6.07) is 0.150. The van der Waals surface area contributed by atoms with Gasteiger partial charge in [0.1, 0.15) is 0 Å². The molecule has 0 radical (unpaired) electrons. The molecule has 0 aliphatic rings. The summed E-state index contributed by atoms with van der Waals surface area (Å²) < 4.78 is 0. The third kappa shape index (κ3) is 2.93. The summed E-state index contributed by atoms with van der Waals surface area (Å²) in [6.45, 7) is 8.35. The largest absolute Gasteiger partial charge is 0.476 e. The fourth-order valence-electron chi connectivity index (χ4n) is 1.50. The Hall–Kier alpha value is -1.65. The van der Waals surface area contributed by atoms with Crippen LogP contribution in [0.5, 0.6) is 0 Å². The molecule has 0 saturated heterocycles. The summed E-state index contributed by atoms with van der Waals surface area (Å²) >= 11 is 0. The molecule has 0 saturated carbocycles. The molecule has 1 N–H and O–H groups in total. The predicted octanol–water partition coefficient (Wildman–Crippen LogP) is 2.05. The van der Waals surface area contributed by atoms with E-state index in [1.54, 1.807) is 0 Å². The highest BCUT2D eigenvalue weighted by atomic mass is 16.4. The van der Waals surface area contributed by atoms with Crippen LogP contribution >= 0.6 is 0 Å². The fraction of sp³-hybridized carbons (Fsp3) is 0.583. The molecule has 0 aliphatic carbocycles. The van der Waals surface area contributed by atoms with Gasteiger partial charge in [0.05, 0.1) is 0 Å². The average molecular weight is 237 g/mol. The zero-order valence-electron chi connectivity index (χ0n) is 10.9. The van der Waals surface area contributed by atoms with Crippen LogP contribution in [0.25, 0.3) is 0 Å². The lowest BCUT2D eigenvalue weighted by atomic mass is 9.87. The van der Waals surface area contributed by atoms with E-state index in [4.69, 9.17) is 5.11 Å². The molecule has 1 atom stereocenters. The zero-order valence-corrected chi connectivity index (χ0v) is 10.9. The molecule has 1 aromatic rings. The topological polar surface area (TPSA) is 66.3 Å². The van der Waals surface area contributed by atoms with Crippen molar-refractivity contribution in [1.82, 2.24) is 9.97 Å². The van der Waals surface area contributed by atoms with Gasteiger partial charge in [0.15, 0.2) is 11.5 Å². The first-order valence-electron chi connectivity index (χ1n) is 5.52. The molecule has 1 rings (SSSR count). The Morgan fingerprint density at radius 2 is 1.88 bits per heavy atom. The van der Waals surface area contributed by atoms with E-state index in [0.29, 0.717) is 5.82 Å². The lowest BCUT2D eigenvalue weighted by molar-refractivity contribution is 0.0690. The van der Waals surface area contributed by atoms with E-state index in [1.165, 1.54) is 12.4 Å². The Balaban J connectivity index is 3.12. The first-order valence-corrected chi connectivity index (χ1v) is 5.52. The maximum atomic E-state index is 11.1. The third-order valence-corrected chi connectivity index (χ3v) is 3.05. The van der Waals surface area contributed by atoms with Crippen molar-refractivity contribution in [3.8, 4) is 0 Å². The standard InChI is InChI=1S/C12H19N3O2/c1-8(12(2,3)4)15(5)10-9(11(16)17)13-6-7-14-10/h6-8H,1-5H3,(H,16,17). The highest BCUT2D eigenvalue weighted by molar-refractivity contribution is 5.90. The van der Waals surface area contributed by atoms with Crippen molar-refractivity contribution < 1.29 is 9.90 Å². The summed E-state index contributed by atoms with van der Waals surface area (Å²) in [5.41, 5.74) is 0.0216. The SMILES string of the molecule is CC(N(C)c1nccnc1C(=O)O)C(C)(C)C. The van der Waals surface area contributed by atoms with Crippen LogP contribution in [0, 0.1) is 5.41 Å². The first-order chi connectivity index (χ1) is 7.75. The molecule has 0 amide bonds. The van der Waals surface area contributed by atoms with Gasteiger partial charge in [-0.15, -0.1) is 0 Å². The molecule has 0 spiro atoms. The predicted molar refractivity (Wildman–Crippen MR) is 66.3 cm³/mol. The molecule has 5 nitrogen and oxygen atoms in total. The van der Waals surface area contributed by atoms with Crippen LogP contribution in [-0.2, 0) is 0 Å². The summed E-state index contributed by atoms with van der Waals surface area (Å²) in [6.07, 6.45) is 2.90. The van der Waals surface area contributed by atoms with Crippen molar-refractivity contribution in [2.24, 2.45) is 5.41 Å². The van der Waals surface area contributed by atoms with E-state index < -0.39 is 5.97 Å². The molecular weight excluding hydrogens is 218 g/mol. The van der Waals surface area contributed by atoms with Gasteiger partial charge in [-0.05, 0) is 12.3 Å². The lowest BCUT2D eigenvalue weighted by Crippen LogP contribution is -2.40. The van der Waals surface area contributed by atoms with Gasteiger partial charge in [0.25, 0.3) is 0 Å². The lowest BCUT2D eigenvalue weighted by Gasteiger charge is -2.36. The molecule has 0 aromatic carbocycles. The van der Waals surface area contributed by atoms with Crippen molar-refractivity contribution in [2.45, 2.75) is 33.7 Å². The molecule has 0 aliphatic heterocycles. The highest BCUT2D eigenvalue weighted by Gasteiger charge is 2.27. The normalized spacial score (nSPS) is 13.2. The highest BCUT2D eigenvalue weighted by Crippen LogP contribution is 2.27. The Labute approximate surface area is 102 Å². The van der Waals surface area contributed by atoms with Crippen LogP contribution in [0.4, 0.5) is 5.82 Å². The van der Waals surface area contributed by atoms with Crippen LogP contribution in [0.3, 0.4) is 0 Å². The fourth-order valence-corrected chi connectivity index (χ4v) is 1.50. The second-order valence-corrected chi connectivity index (χ2v) is 5.19. The summed E-state index contributed by atoms with van der Waals surface area (Å²) in [4.78, 5) is 20.9. The number of aromatic nitrogens is 2. The van der Waals surface area contributed by atoms with Crippen molar-refractivity contribution in [2.75, 3.05) is 11.9 Å². The van der Waals surface area contributed by atoms with Crippen LogP contribution in [0.2, 0.25) is 0 Å². The number of rotatable bonds is 3. The van der Waals surface area contributed by atoms with Crippen molar-refractivity contribution in [1.29, 1.82) is 0 Å². The molecule has 94 valence electrons. The van der Waals surface area contributed by atoms with E-state index in [2.05, 4.69) is 30.7 Å². The second kappa shape index (κ2) is 4.69. The van der Waals surface area contributed by atoms with E-state index in [-0.39, 0.29) is 17.2 Å². The van der Waals surface area contributed by atoms with Gasteiger partial charge in [-0.3, -0.25) is 0 Å². The molecule has 1 unspecified atom stereocenters. The number of carboxylic acid groups (broad SMARTS) is 1.